The van der Waals surface area contributed by atoms with Crippen LogP contribution in [-0.2, 0) is 22.6 Å². The summed E-state index contributed by atoms with van der Waals surface area (Å²) < 4.78 is 11.1. The summed E-state index contributed by atoms with van der Waals surface area (Å²) in [6.45, 7) is 3.75. The zero-order valence-electron chi connectivity index (χ0n) is 23.3. The molecular weight excluding hydrogens is 522 g/mol. The van der Waals surface area contributed by atoms with Crippen LogP contribution >= 0.6 is 0 Å². The normalized spacial score (nSPS) is 19.8. The maximum Gasteiger partial charge on any atom is 0.308 e. The van der Waals surface area contributed by atoms with Crippen molar-refractivity contribution in [2.24, 2.45) is 11.7 Å². The number of anilines is 1. The molecule has 1 saturated heterocycles. The Morgan fingerprint density at radius 3 is 2.76 bits per heavy atom. The Balaban J connectivity index is 1.44. The van der Waals surface area contributed by atoms with E-state index in [0.29, 0.717) is 44.0 Å². The molecule has 0 aliphatic carbocycles. The minimum atomic E-state index is -0.881. The van der Waals surface area contributed by atoms with Gasteiger partial charge in [0.1, 0.15) is 6.33 Å². The van der Waals surface area contributed by atoms with Gasteiger partial charge in [-0.1, -0.05) is 31.5 Å². The number of amides is 1. The Morgan fingerprint density at radius 2 is 2.00 bits per heavy atom. The van der Waals surface area contributed by atoms with E-state index < -0.39 is 11.9 Å². The third-order valence-corrected chi connectivity index (χ3v) is 8.03. The van der Waals surface area contributed by atoms with E-state index in [1.165, 1.54) is 6.33 Å². The number of nitrogens with zero attached hydrogens (tertiary/aromatic N) is 4. The molecule has 2 aliphatic heterocycles. The van der Waals surface area contributed by atoms with Crippen LogP contribution in [0, 0.1) is 5.92 Å². The summed E-state index contributed by atoms with van der Waals surface area (Å²) in [4.78, 5) is 39.0. The van der Waals surface area contributed by atoms with Gasteiger partial charge in [-0.05, 0) is 60.7 Å². The van der Waals surface area contributed by atoms with Crippen LogP contribution in [0.5, 0.6) is 11.5 Å². The zero-order chi connectivity index (χ0) is 28.8. The van der Waals surface area contributed by atoms with E-state index in [1.54, 1.807) is 6.20 Å². The summed E-state index contributed by atoms with van der Waals surface area (Å²) >= 11 is 0. The van der Waals surface area contributed by atoms with Gasteiger partial charge in [0, 0.05) is 49.2 Å². The number of likely N-dealkylation sites (tertiary alicyclic amines) is 1. The van der Waals surface area contributed by atoms with Gasteiger partial charge in [0.25, 0.3) is 0 Å². The smallest absolute Gasteiger partial charge is 0.308 e. The first kappa shape index (κ1) is 28.5. The van der Waals surface area contributed by atoms with Crippen LogP contribution in [0.25, 0.3) is 0 Å². The third-order valence-electron chi connectivity index (χ3n) is 8.03. The monoisotopic (exact) mass is 559 g/mol. The third kappa shape index (κ3) is 6.49. The topological polar surface area (TPSA) is 131 Å². The van der Waals surface area contributed by atoms with Gasteiger partial charge in [0.15, 0.2) is 11.5 Å². The van der Waals surface area contributed by atoms with Gasteiger partial charge in [-0.2, -0.15) is 0 Å². The summed E-state index contributed by atoms with van der Waals surface area (Å²) in [6, 6.07) is 14.8. The molecule has 3 unspecified atom stereocenters. The number of fused-ring (bicyclic) bond motifs is 1. The number of hydrogen-bond acceptors (Lipinski definition) is 8. The molecular formula is C31H37N5O5. The molecule has 41 heavy (non-hydrogen) atoms. The number of rotatable bonds is 12. The van der Waals surface area contributed by atoms with Crippen molar-refractivity contribution in [2.75, 3.05) is 31.3 Å². The van der Waals surface area contributed by atoms with Crippen LogP contribution in [0.15, 0.2) is 61.1 Å². The zero-order valence-corrected chi connectivity index (χ0v) is 23.3. The van der Waals surface area contributed by atoms with Gasteiger partial charge in [-0.3, -0.25) is 14.5 Å². The summed E-state index contributed by atoms with van der Waals surface area (Å²) in [5.74, 6) is -0.713. The van der Waals surface area contributed by atoms with E-state index in [2.05, 4.69) is 16.9 Å². The fourth-order valence-electron chi connectivity index (χ4n) is 5.92. The second-order valence-electron chi connectivity index (χ2n) is 10.6. The second kappa shape index (κ2) is 13.1. The summed E-state index contributed by atoms with van der Waals surface area (Å²) in [7, 11) is 0. The Kier molecular flexibility index (Phi) is 9.11. The highest BCUT2D eigenvalue weighted by Crippen LogP contribution is 2.43. The highest BCUT2D eigenvalue weighted by molar-refractivity contribution is 5.95. The average Bonchev–Trinajstić information content (AvgIpc) is 3.61. The number of carbonyl (C=O) groups excluding carboxylic acids is 1. The maximum atomic E-state index is 13.9. The van der Waals surface area contributed by atoms with E-state index in [0.717, 1.165) is 35.3 Å². The number of ether oxygens (including phenoxy) is 2. The van der Waals surface area contributed by atoms with Gasteiger partial charge in [0.2, 0.25) is 12.7 Å². The lowest BCUT2D eigenvalue weighted by molar-refractivity contribution is -0.143. The average molecular weight is 560 g/mol. The first-order chi connectivity index (χ1) is 20.0. The van der Waals surface area contributed by atoms with E-state index >= 15 is 0 Å². The molecule has 0 bridgehead atoms. The lowest BCUT2D eigenvalue weighted by Crippen LogP contribution is -2.44. The van der Waals surface area contributed by atoms with Crippen molar-refractivity contribution in [1.29, 1.82) is 0 Å². The van der Waals surface area contributed by atoms with Gasteiger partial charge in [-0.25, -0.2) is 9.97 Å². The number of aliphatic carboxylic acids is 1. The fraction of sp³-hybridized carbons (Fsp3) is 0.419. The number of carboxylic acid groups (broad SMARTS) is 1. The van der Waals surface area contributed by atoms with Crippen molar-refractivity contribution in [2.45, 2.75) is 51.1 Å². The minimum Gasteiger partial charge on any atom is -0.481 e. The van der Waals surface area contributed by atoms with Crippen LogP contribution in [0.2, 0.25) is 0 Å². The number of benzene rings is 2. The summed E-state index contributed by atoms with van der Waals surface area (Å²) in [5, 5.41) is 10.5. The van der Waals surface area contributed by atoms with Crippen LogP contribution in [0.3, 0.4) is 0 Å². The molecule has 10 nitrogen and oxygen atoms in total. The Labute approximate surface area is 240 Å². The van der Waals surface area contributed by atoms with Crippen molar-refractivity contribution in [3.8, 4) is 11.5 Å². The molecule has 1 aromatic heterocycles. The number of aryl methyl sites for hydroxylation is 1. The van der Waals surface area contributed by atoms with Crippen molar-refractivity contribution in [3.63, 3.8) is 0 Å². The molecule has 3 aromatic rings. The molecule has 0 radical (unpaired) electrons. The number of carboxylic acids is 1. The van der Waals surface area contributed by atoms with E-state index in [-0.39, 0.29) is 31.2 Å². The largest absolute Gasteiger partial charge is 0.481 e. The molecule has 3 heterocycles. The standard InChI is InChI=1S/C31H37N5O5/c1-2-3-13-36(24-6-4-5-21(14-24)16-32)29(37)18-35-17-25(22-7-10-27-28(15-22)41-20-40-27)30(31(38)39)26(35)9-8-23-11-12-33-19-34-23/h4-7,10-12,14-15,19,25-26,30H,2-3,8-9,13,16-18,20,32H2,1H3,(H,38,39). The van der Waals surface area contributed by atoms with Crippen LogP contribution < -0.4 is 20.1 Å². The van der Waals surface area contributed by atoms with Gasteiger partial charge in [0.05, 0.1) is 12.5 Å². The van der Waals surface area contributed by atoms with Gasteiger partial charge >= 0.3 is 5.97 Å². The number of unbranched alkanes of at least 4 members (excludes halogenated alkanes) is 1. The number of carbonyl (C=O) groups is 2. The molecule has 10 heteroatoms. The van der Waals surface area contributed by atoms with Crippen molar-refractivity contribution in [1.82, 2.24) is 14.9 Å². The Morgan fingerprint density at radius 1 is 1.15 bits per heavy atom. The fourth-order valence-corrected chi connectivity index (χ4v) is 5.92. The van der Waals surface area contributed by atoms with Crippen molar-refractivity contribution in [3.05, 3.63) is 77.9 Å². The molecule has 216 valence electrons. The predicted molar refractivity (Wildman–Crippen MR) is 154 cm³/mol. The predicted octanol–water partition coefficient (Wildman–Crippen LogP) is 3.60. The van der Waals surface area contributed by atoms with E-state index in [9.17, 15) is 14.7 Å². The Hall–Kier alpha value is -4.02. The van der Waals surface area contributed by atoms with Gasteiger partial charge in [-0.15, -0.1) is 0 Å². The molecule has 5 rings (SSSR count). The molecule has 2 aromatic carbocycles. The molecule has 3 N–H and O–H groups in total. The first-order valence-electron chi connectivity index (χ1n) is 14.2. The number of nitrogens with two attached hydrogens (primary N) is 1. The lowest BCUT2D eigenvalue weighted by Gasteiger charge is -2.30. The van der Waals surface area contributed by atoms with E-state index in [1.807, 2.05) is 58.3 Å². The molecule has 1 amide bonds. The van der Waals surface area contributed by atoms with Crippen molar-refractivity contribution < 1.29 is 24.2 Å². The Bertz CT molecular complexity index is 1350. The number of aromatic nitrogens is 2. The summed E-state index contributed by atoms with van der Waals surface area (Å²) in [5.41, 5.74) is 9.35. The van der Waals surface area contributed by atoms with Gasteiger partial charge < -0.3 is 25.2 Å². The van der Waals surface area contributed by atoms with Crippen LogP contribution in [0.4, 0.5) is 5.69 Å². The highest BCUT2D eigenvalue weighted by Gasteiger charge is 2.47. The number of hydrogen-bond donors (Lipinski definition) is 2. The maximum absolute atomic E-state index is 13.9. The molecule has 0 spiro atoms. The second-order valence-corrected chi connectivity index (χ2v) is 10.6. The molecule has 0 saturated carbocycles. The van der Waals surface area contributed by atoms with E-state index in [4.69, 9.17) is 15.2 Å². The molecule has 3 atom stereocenters. The van der Waals surface area contributed by atoms with Crippen LogP contribution in [-0.4, -0.2) is 64.3 Å². The quantitative estimate of drug-likeness (QED) is 0.342. The SMILES string of the molecule is CCCCN(C(=O)CN1CC(c2ccc3c(c2)OCO3)C(C(=O)O)C1CCc1ccncn1)c1cccc(CN)c1. The molecule has 1 fully saturated rings. The minimum absolute atomic E-state index is 0.0601. The van der Waals surface area contributed by atoms with Crippen molar-refractivity contribution >= 4 is 17.6 Å². The first-order valence-corrected chi connectivity index (χ1v) is 14.2. The lowest BCUT2D eigenvalue weighted by atomic mass is 9.83. The summed E-state index contributed by atoms with van der Waals surface area (Å²) in [6.07, 6.45) is 6.10. The highest BCUT2D eigenvalue weighted by atomic mass is 16.7. The van der Waals surface area contributed by atoms with Crippen LogP contribution in [0.1, 0.15) is 48.9 Å². The molecule has 2 aliphatic rings.